The van der Waals surface area contributed by atoms with E-state index in [-0.39, 0.29) is 5.56 Å². The van der Waals surface area contributed by atoms with Crippen molar-refractivity contribution < 1.29 is 4.79 Å². The van der Waals surface area contributed by atoms with Gasteiger partial charge in [-0.2, -0.15) is 5.26 Å². The van der Waals surface area contributed by atoms with E-state index >= 15 is 0 Å². The summed E-state index contributed by atoms with van der Waals surface area (Å²) < 4.78 is 2.02. The van der Waals surface area contributed by atoms with Crippen molar-refractivity contribution in [2.75, 3.05) is 0 Å². The molecule has 0 atom stereocenters. The zero-order chi connectivity index (χ0) is 17.7. The Morgan fingerprint density at radius 2 is 2.00 bits per heavy atom. The number of rotatable bonds is 5. The molecule has 0 saturated carbocycles. The maximum Gasteiger partial charge on any atom is 0.331 e. The molecule has 0 aliphatic heterocycles. The van der Waals surface area contributed by atoms with E-state index in [1.165, 1.54) is 10.8 Å². The number of aromatic nitrogens is 2. The van der Waals surface area contributed by atoms with E-state index in [1.54, 1.807) is 13.0 Å². The van der Waals surface area contributed by atoms with E-state index in [9.17, 15) is 14.4 Å². The molecule has 0 spiro atoms. The first-order valence-electron chi connectivity index (χ1n) is 7.53. The highest BCUT2D eigenvalue weighted by atomic mass is 16.2. The second kappa shape index (κ2) is 7.42. The van der Waals surface area contributed by atoms with E-state index in [0.717, 1.165) is 15.7 Å². The van der Waals surface area contributed by atoms with Crippen LogP contribution in [0.3, 0.4) is 0 Å². The third kappa shape index (κ3) is 3.60. The molecule has 0 radical (unpaired) electrons. The fourth-order valence-electron chi connectivity index (χ4n) is 2.30. The van der Waals surface area contributed by atoms with Crippen molar-refractivity contribution in [2.24, 2.45) is 0 Å². The van der Waals surface area contributed by atoms with Gasteiger partial charge in [0.2, 0.25) is 5.91 Å². The van der Waals surface area contributed by atoms with Gasteiger partial charge >= 0.3 is 5.69 Å². The van der Waals surface area contributed by atoms with Gasteiger partial charge < -0.3 is 5.32 Å². The van der Waals surface area contributed by atoms with Crippen molar-refractivity contribution in [3.05, 3.63) is 68.0 Å². The lowest BCUT2D eigenvalue weighted by atomic mass is 10.1. The Hall–Kier alpha value is -3.14. The molecule has 0 fully saturated rings. The molecule has 1 aromatic carbocycles. The van der Waals surface area contributed by atoms with Crippen LogP contribution < -0.4 is 16.6 Å². The third-order valence-electron chi connectivity index (χ3n) is 3.74. The van der Waals surface area contributed by atoms with E-state index in [2.05, 4.69) is 5.32 Å². The van der Waals surface area contributed by atoms with Crippen LogP contribution in [0.2, 0.25) is 0 Å². The third-order valence-corrected chi connectivity index (χ3v) is 3.74. The molecule has 7 heteroatoms. The van der Waals surface area contributed by atoms with Gasteiger partial charge in [0, 0.05) is 19.3 Å². The monoisotopic (exact) mass is 326 g/mol. The Morgan fingerprint density at radius 3 is 2.62 bits per heavy atom. The number of benzene rings is 1. The van der Waals surface area contributed by atoms with E-state index in [0.29, 0.717) is 13.1 Å². The maximum absolute atomic E-state index is 12.2. The summed E-state index contributed by atoms with van der Waals surface area (Å²) in [5, 5.41) is 11.7. The van der Waals surface area contributed by atoms with Crippen LogP contribution >= 0.6 is 0 Å². The zero-order valence-electron chi connectivity index (χ0n) is 13.6. The summed E-state index contributed by atoms with van der Waals surface area (Å²) in [6, 6.07) is 9.35. The van der Waals surface area contributed by atoms with Crippen LogP contribution in [0.1, 0.15) is 23.6 Å². The van der Waals surface area contributed by atoms with Gasteiger partial charge in [0.15, 0.2) is 0 Å². The van der Waals surface area contributed by atoms with Gasteiger partial charge in [-0.25, -0.2) is 9.36 Å². The van der Waals surface area contributed by atoms with Crippen LogP contribution in [-0.4, -0.2) is 15.0 Å². The van der Waals surface area contributed by atoms with Crippen molar-refractivity contribution in [2.45, 2.75) is 33.5 Å². The summed E-state index contributed by atoms with van der Waals surface area (Å²) in [7, 11) is 0. The number of aryl methyl sites for hydroxylation is 2. The van der Waals surface area contributed by atoms with Crippen molar-refractivity contribution in [3.8, 4) is 6.07 Å². The number of carbonyl (C=O) groups excluding carboxylic acids is 1. The molecular weight excluding hydrogens is 308 g/mol. The number of nitriles is 1. The highest BCUT2D eigenvalue weighted by Crippen LogP contribution is 2.05. The molecule has 1 amide bonds. The van der Waals surface area contributed by atoms with Crippen LogP contribution in [0.25, 0.3) is 0 Å². The van der Waals surface area contributed by atoms with Crippen molar-refractivity contribution in [3.63, 3.8) is 0 Å². The Kier molecular flexibility index (Phi) is 5.32. The van der Waals surface area contributed by atoms with E-state index in [4.69, 9.17) is 5.26 Å². The molecule has 7 nitrogen and oxygen atoms in total. The summed E-state index contributed by atoms with van der Waals surface area (Å²) in [6.45, 7) is 3.84. The van der Waals surface area contributed by atoms with Gasteiger partial charge in [-0.05, 0) is 25.0 Å². The number of hydrogen-bond donors (Lipinski definition) is 1. The molecule has 0 unspecified atom stereocenters. The first-order chi connectivity index (χ1) is 11.5. The second-order valence-electron chi connectivity index (χ2n) is 5.32. The first kappa shape index (κ1) is 17.2. The summed E-state index contributed by atoms with van der Waals surface area (Å²) in [5.41, 5.74) is 0.471. The van der Waals surface area contributed by atoms with Gasteiger partial charge in [-0.1, -0.05) is 24.3 Å². The summed E-state index contributed by atoms with van der Waals surface area (Å²) in [6.07, 6.45) is 1.21. The normalized spacial score (nSPS) is 10.2. The van der Waals surface area contributed by atoms with Crippen molar-refractivity contribution >= 4 is 5.91 Å². The predicted octanol–water partition coefficient (Wildman–Crippen LogP) is 0.526. The number of nitrogens with zero attached hydrogens (tertiary/aromatic N) is 3. The molecule has 0 aliphatic carbocycles. The van der Waals surface area contributed by atoms with Crippen LogP contribution in [0.15, 0.2) is 40.1 Å². The van der Waals surface area contributed by atoms with Gasteiger partial charge in [0.25, 0.3) is 5.56 Å². The molecule has 2 aromatic rings. The number of hydrogen-bond acceptors (Lipinski definition) is 4. The average molecular weight is 326 g/mol. The van der Waals surface area contributed by atoms with Gasteiger partial charge in [-0.15, -0.1) is 0 Å². The summed E-state index contributed by atoms with van der Waals surface area (Å²) in [4.78, 5) is 36.4. The quantitative estimate of drug-likeness (QED) is 0.866. The van der Waals surface area contributed by atoms with Gasteiger partial charge in [0.05, 0.1) is 0 Å². The molecule has 0 saturated heterocycles. The first-order valence-corrected chi connectivity index (χ1v) is 7.53. The Morgan fingerprint density at radius 1 is 1.29 bits per heavy atom. The van der Waals surface area contributed by atoms with Crippen LogP contribution in [-0.2, 0) is 24.4 Å². The molecule has 1 N–H and O–H groups in total. The highest BCUT2D eigenvalue weighted by molar-refractivity contribution is 5.75. The minimum Gasteiger partial charge on any atom is -0.350 e. The van der Waals surface area contributed by atoms with Gasteiger partial charge in [-0.3, -0.25) is 14.2 Å². The smallest absolute Gasteiger partial charge is 0.331 e. The van der Waals surface area contributed by atoms with E-state index < -0.39 is 23.7 Å². The highest BCUT2D eigenvalue weighted by Gasteiger charge is 2.13. The van der Waals surface area contributed by atoms with Crippen LogP contribution in [0, 0.1) is 18.3 Å². The lowest BCUT2D eigenvalue weighted by molar-refractivity contribution is -0.121. The summed E-state index contributed by atoms with van der Waals surface area (Å²) in [5.74, 6) is -0.463. The largest absolute Gasteiger partial charge is 0.350 e. The minimum atomic E-state index is -0.752. The molecule has 0 aliphatic rings. The van der Waals surface area contributed by atoms with E-state index in [1.807, 2.05) is 31.2 Å². The van der Waals surface area contributed by atoms with Crippen molar-refractivity contribution in [1.29, 1.82) is 5.26 Å². The second-order valence-corrected chi connectivity index (χ2v) is 5.32. The minimum absolute atomic E-state index is 0.164. The Balaban J connectivity index is 2.21. The predicted molar refractivity (Wildman–Crippen MR) is 88.4 cm³/mol. The number of amides is 1. The summed E-state index contributed by atoms with van der Waals surface area (Å²) >= 11 is 0. The van der Waals surface area contributed by atoms with Crippen molar-refractivity contribution in [1.82, 2.24) is 14.5 Å². The van der Waals surface area contributed by atoms with Crippen LogP contribution in [0.4, 0.5) is 0 Å². The topological polar surface area (TPSA) is 96.9 Å². The van der Waals surface area contributed by atoms with Crippen LogP contribution in [0.5, 0.6) is 0 Å². The Bertz CT molecular complexity index is 919. The molecular formula is C17H18N4O3. The fraction of sp³-hybridized carbons (Fsp3) is 0.294. The lowest BCUT2D eigenvalue weighted by Crippen LogP contribution is -2.44. The Labute approximate surface area is 138 Å². The molecule has 24 heavy (non-hydrogen) atoms. The number of carbonyl (C=O) groups is 1. The molecule has 1 aromatic heterocycles. The standard InChI is InChI=1S/C17H18N4O3/c1-3-20-10-14(8-18)16(23)21(17(20)24)11-15(22)19-9-13-7-5-4-6-12(13)2/h4-7,10H,3,9,11H2,1-2H3,(H,19,22). The van der Waals surface area contributed by atoms with Gasteiger partial charge in [0.1, 0.15) is 18.2 Å². The maximum atomic E-state index is 12.2. The SMILES string of the molecule is CCn1cc(C#N)c(=O)n(CC(=O)NCc2ccccc2C)c1=O. The number of nitrogens with one attached hydrogen (secondary N) is 1. The molecule has 0 bridgehead atoms. The molecule has 2 rings (SSSR count). The molecule has 124 valence electrons. The molecule has 1 heterocycles. The zero-order valence-corrected chi connectivity index (χ0v) is 13.6. The fourth-order valence-corrected chi connectivity index (χ4v) is 2.30. The lowest BCUT2D eigenvalue weighted by Gasteiger charge is -2.11. The average Bonchev–Trinajstić information content (AvgIpc) is 2.58.